The van der Waals surface area contributed by atoms with Crippen LogP contribution < -0.4 is 0 Å². The van der Waals surface area contributed by atoms with Gasteiger partial charge in [0.25, 0.3) is 10.0 Å². The fourth-order valence-electron chi connectivity index (χ4n) is 1.31. The normalized spacial score (nSPS) is 11.9. The monoisotopic (exact) mass is 303 g/mol. The molecule has 2 heterocycles. The predicted molar refractivity (Wildman–Crippen MR) is 70.6 cm³/mol. The molecule has 0 aliphatic heterocycles. The Hall–Kier alpha value is -1.32. The minimum absolute atomic E-state index is 0.246. The maximum Gasteiger partial charge on any atom is 0.253 e. The van der Waals surface area contributed by atoms with Gasteiger partial charge < -0.3 is 9.15 Å². The van der Waals surface area contributed by atoms with E-state index in [1.165, 1.54) is 18.0 Å². The van der Waals surface area contributed by atoms with Crippen molar-refractivity contribution in [2.24, 2.45) is 0 Å². The Bertz CT molecular complexity index is 634. The van der Waals surface area contributed by atoms with Crippen LogP contribution in [0.5, 0.6) is 0 Å². The molecule has 2 aromatic heterocycles. The van der Waals surface area contributed by atoms with Crippen molar-refractivity contribution in [3.8, 4) is 11.6 Å². The molecule has 19 heavy (non-hydrogen) atoms. The van der Waals surface area contributed by atoms with E-state index in [9.17, 15) is 8.42 Å². The molecule has 9 heteroatoms. The molecule has 0 radical (unpaired) electrons. The van der Waals surface area contributed by atoms with Gasteiger partial charge in [-0.15, -0.1) is 9.19 Å². The van der Waals surface area contributed by atoms with Gasteiger partial charge in [0.15, 0.2) is 5.76 Å². The highest BCUT2D eigenvalue weighted by Gasteiger charge is 2.19. The number of hydrogen-bond donors (Lipinski definition) is 0. The van der Waals surface area contributed by atoms with E-state index >= 15 is 0 Å². The average Bonchev–Trinajstić information content (AvgIpc) is 2.96. The van der Waals surface area contributed by atoms with Crippen LogP contribution in [0.2, 0.25) is 0 Å². The van der Waals surface area contributed by atoms with Crippen molar-refractivity contribution in [1.82, 2.24) is 14.2 Å². The molecule has 0 atom stereocenters. The fraction of sp³-hybridized carbons (Fsp3) is 0.400. The van der Waals surface area contributed by atoms with Gasteiger partial charge >= 0.3 is 0 Å². The first-order valence-corrected chi connectivity index (χ1v) is 8.19. The molecular weight excluding hydrogens is 290 g/mol. The Morgan fingerprint density at radius 2 is 2.32 bits per heavy atom. The van der Waals surface area contributed by atoms with E-state index in [0.717, 1.165) is 10.3 Å². The molecule has 0 saturated heterocycles. The van der Waals surface area contributed by atoms with Crippen LogP contribution in [0.25, 0.3) is 11.6 Å². The van der Waals surface area contributed by atoms with Crippen LogP contribution in [0.15, 0.2) is 28.0 Å². The first-order valence-electron chi connectivity index (χ1n) is 5.35. The lowest BCUT2D eigenvalue weighted by molar-refractivity contribution is 0.218. The summed E-state index contributed by atoms with van der Waals surface area (Å²) in [4.78, 5) is 4.18. The van der Waals surface area contributed by atoms with Crippen molar-refractivity contribution in [2.75, 3.05) is 25.7 Å². The first-order chi connectivity index (χ1) is 9.02. The van der Waals surface area contributed by atoms with E-state index in [1.54, 1.807) is 19.2 Å². The fourth-order valence-corrected chi connectivity index (χ4v) is 3.16. The molecule has 0 bridgehead atoms. The van der Waals surface area contributed by atoms with Crippen LogP contribution in [0.3, 0.4) is 0 Å². The topological polar surface area (TPSA) is 87.2 Å². The van der Waals surface area contributed by atoms with Gasteiger partial charge in [0, 0.05) is 12.9 Å². The van der Waals surface area contributed by atoms with E-state index in [0.29, 0.717) is 23.3 Å². The summed E-state index contributed by atoms with van der Waals surface area (Å²) in [6, 6.07) is 3.36. The number of methoxy groups -OCH3 is 1. The maximum atomic E-state index is 11.7. The number of rotatable bonds is 6. The van der Waals surface area contributed by atoms with Gasteiger partial charge in [0.05, 0.1) is 19.1 Å². The van der Waals surface area contributed by atoms with Crippen LogP contribution in [0, 0.1) is 0 Å². The molecule has 0 amide bonds. The van der Waals surface area contributed by atoms with Gasteiger partial charge in [-0.2, -0.15) is 4.98 Å². The third-order valence-electron chi connectivity index (χ3n) is 2.13. The van der Waals surface area contributed by atoms with E-state index in [4.69, 9.17) is 9.15 Å². The number of aromatic nitrogens is 3. The van der Waals surface area contributed by atoms with Gasteiger partial charge in [0.2, 0.25) is 11.0 Å². The Kier molecular flexibility index (Phi) is 4.27. The van der Waals surface area contributed by atoms with E-state index < -0.39 is 10.0 Å². The zero-order valence-corrected chi connectivity index (χ0v) is 12.1. The summed E-state index contributed by atoms with van der Waals surface area (Å²) < 4.78 is 34.3. The molecule has 0 fully saturated rings. The Morgan fingerprint density at radius 1 is 1.53 bits per heavy atom. The van der Waals surface area contributed by atoms with Gasteiger partial charge in [-0.05, 0) is 12.1 Å². The molecule has 0 spiro atoms. The number of ether oxygens (including phenoxy) is 1. The predicted octanol–water partition coefficient (Wildman–Crippen LogP) is 1.08. The second-order valence-electron chi connectivity index (χ2n) is 3.64. The van der Waals surface area contributed by atoms with Crippen molar-refractivity contribution in [3.63, 3.8) is 0 Å². The van der Waals surface area contributed by atoms with Gasteiger partial charge in [0.1, 0.15) is 0 Å². The molecule has 2 aromatic rings. The molecular formula is C10H13N3O4S2. The molecule has 0 aromatic carbocycles. The van der Waals surface area contributed by atoms with E-state index in [-0.39, 0.29) is 5.82 Å². The minimum Gasteiger partial charge on any atom is -0.461 e. The lowest BCUT2D eigenvalue weighted by Crippen LogP contribution is -2.13. The summed E-state index contributed by atoms with van der Waals surface area (Å²) in [7, 11) is -1.92. The van der Waals surface area contributed by atoms with Crippen molar-refractivity contribution < 1.29 is 17.6 Å². The van der Waals surface area contributed by atoms with Crippen LogP contribution in [-0.2, 0) is 14.8 Å². The molecule has 0 N–H and O–H groups in total. The molecule has 104 valence electrons. The summed E-state index contributed by atoms with van der Waals surface area (Å²) in [5.74, 6) is 1.26. The van der Waals surface area contributed by atoms with Crippen LogP contribution in [0.4, 0.5) is 0 Å². The largest absolute Gasteiger partial charge is 0.461 e. The summed E-state index contributed by atoms with van der Waals surface area (Å²) in [5.41, 5.74) is 0. The highest BCUT2D eigenvalue weighted by atomic mass is 32.2. The highest BCUT2D eigenvalue weighted by molar-refractivity contribution is 7.99. The van der Waals surface area contributed by atoms with Crippen molar-refractivity contribution in [1.29, 1.82) is 0 Å². The smallest absolute Gasteiger partial charge is 0.253 e. The van der Waals surface area contributed by atoms with E-state index in [1.807, 2.05) is 0 Å². The maximum absolute atomic E-state index is 11.7. The summed E-state index contributed by atoms with van der Waals surface area (Å²) in [5, 5.41) is 4.26. The molecule has 7 nitrogen and oxygen atoms in total. The van der Waals surface area contributed by atoms with Gasteiger partial charge in [-0.3, -0.25) is 0 Å². The number of thioether (sulfide) groups is 1. The molecule has 0 aliphatic rings. The zero-order valence-electron chi connectivity index (χ0n) is 10.4. The van der Waals surface area contributed by atoms with Crippen molar-refractivity contribution in [2.45, 2.75) is 5.16 Å². The quantitative estimate of drug-likeness (QED) is 0.583. The van der Waals surface area contributed by atoms with Crippen molar-refractivity contribution >= 4 is 21.8 Å². The van der Waals surface area contributed by atoms with Crippen molar-refractivity contribution in [3.05, 3.63) is 18.4 Å². The third kappa shape index (κ3) is 3.37. The Labute approximate surface area is 115 Å². The number of nitrogens with zero attached hydrogens (tertiary/aromatic N) is 3. The lowest BCUT2D eigenvalue weighted by Gasteiger charge is -2.01. The average molecular weight is 303 g/mol. The zero-order chi connectivity index (χ0) is 13.9. The first kappa shape index (κ1) is 14.1. The van der Waals surface area contributed by atoms with Crippen LogP contribution in [0.1, 0.15) is 0 Å². The third-order valence-corrected chi connectivity index (χ3v) is 4.02. The number of hydrogen-bond acceptors (Lipinski definition) is 7. The summed E-state index contributed by atoms with van der Waals surface area (Å²) in [6.07, 6.45) is 2.56. The summed E-state index contributed by atoms with van der Waals surface area (Å²) >= 11 is 1.26. The molecule has 0 aliphatic carbocycles. The second kappa shape index (κ2) is 5.76. The minimum atomic E-state index is -3.50. The van der Waals surface area contributed by atoms with Crippen LogP contribution >= 0.6 is 11.8 Å². The van der Waals surface area contributed by atoms with Gasteiger partial charge in [-0.1, -0.05) is 11.8 Å². The second-order valence-corrected chi connectivity index (χ2v) is 6.52. The van der Waals surface area contributed by atoms with Crippen LogP contribution in [-0.4, -0.2) is 48.3 Å². The summed E-state index contributed by atoms with van der Waals surface area (Å²) in [6.45, 7) is 0.497. The Morgan fingerprint density at radius 3 is 2.89 bits per heavy atom. The molecule has 2 rings (SSSR count). The molecule has 0 unspecified atom stereocenters. The molecule has 0 saturated carbocycles. The van der Waals surface area contributed by atoms with E-state index in [2.05, 4.69) is 10.1 Å². The highest BCUT2D eigenvalue weighted by Crippen LogP contribution is 2.22. The lowest BCUT2D eigenvalue weighted by atomic mass is 10.4. The standard InChI is InChI=1S/C10H13N3O4S2/c1-16-6-7-18-10-11-9(8-4-3-5-17-8)12-13(10)19(2,14)15/h3-5H,6-7H2,1-2H3. The Balaban J connectivity index is 2.34. The van der Waals surface area contributed by atoms with Gasteiger partial charge in [-0.25, -0.2) is 8.42 Å². The SMILES string of the molecule is COCCSc1nc(-c2ccco2)nn1S(C)(=O)=O. The number of furan rings is 1.